The maximum Gasteiger partial charge on any atom is 0.246 e. The molecular formula is C32H36N2O6S. The molecule has 2 aliphatic rings. The first-order valence-corrected chi connectivity index (χ1v) is 14.3. The molecule has 2 heterocycles. The van der Waals surface area contributed by atoms with Crippen LogP contribution in [0.1, 0.15) is 46.1 Å². The van der Waals surface area contributed by atoms with Crippen LogP contribution in [0.3, 0.4) is 0 Å². The monoisotopic (exact) mass is 576 g/mol. The fourth-order valence-electron chi connectivity index (χ4n) is 4.84. The van der Waals surface area contributed by atoms with Crippen LogP contribution < -0.4 is 28.4 Å². The van der Waals surface area contributed by atoms with Gasteiger partial charge in [-0.3, -0.25) is 4.90 Å². The summed E-state index contributed by atoms with van der Waals surface area (Å²) < 4.78 is 35.8. The van der Waals surface area contributed by atoms with Gasteiger partial charge in [-0.15, -0.1) is 0 Å². The Bertz CT molecular complexity index is 1330. The lowest BCUT2D eigenvalue weighted by Crippen LogP contribution is -2.30. The minimum absolute atomic E-state index is 0.554. The Morgan fingerprint density at radius 3 is 1.73 bits per heavy atom. The smallest absolute Gasteiger partial charge is 0.246 e. The van der Waals surface area contributed by atoms with Crippen molar-refractivity contribution in [2.45, 2.75) is 58.7 Å². The van der Waals surface area contributed by atoms with E-state index in [2.05, 4.69) is 27.2 Å². The van der Waals surface area contributed by atoms with E-state index >= 15 is 0 Å². The van der Waals surface area contributed by atoms with Crippen LogP contribution in [0.4, 0.5) is 5.69 Å². The normalized spacial score (nSPS) is 15.4. The van der Waals surface area contributed by atoms with Crippen molar-refractivity contribution < 1.29 is 28.4 Å². The van der Waals surface area contributed by atoms with Crippen molar-refractivity contribution in [1.82, 2.24) is 4.90 Å². The van der Waals surface area contributed by atoms with Crippen molar-refractivity contribution >= 4 is 23.1 Å². The van der Waals surface area contributed by atoms with Gasteiger partial charge in [-0.05, 0) is 67.0 Å². The molecule has 0 aliphatic carbocycles. The fraction of sp³-hybridized carbons (Fsp3) is 0.406. The van der Waals surface area contributed by atoms with E-state index in [-0.39, 0.29) is 0 Å². The maximum absolute atomic E-state index is 6.12. The summed E-state index contributed by atoms with van der Waals surface area (Å²) in [4.78, 5) is 6.46. The van der Waals surface area contributed by atoms with Gasteiger partial charge in [0.05, 0.1) is 24.1 Å². The van der Waals surface area contributed by atoms with Crippen molar-refractivity contribution in [3.63, 3.8) is 0 Å². The number of rotatable bonds is 13. The standard InChI is InChI=1S/C32H36N2O6S/c1-31(2)37-27-11-5-9-25(29(27)39-31)35-19-7-17-34(21-23-13-15-24(16-14-23)33-22-41)18-8-20-36-26-10-6-12-28-30(26)40-32(3,4)38-28/h5-6,9-16H,7-8,17-21H2,1-4H3. The Kier molecular flexibility index (Phi) is 8.68. The molecule has 5 rings (SSSR count). The summed E-state index contributed by atoms with van der Waals surface area (Å²) in [6, 6.07) is 19.5. The number of hydrogen-bond acceptors (Lipinski definition) is 9. The van der Waals surface area contributed by atoms with Gasteiger partial charge < -0.3 is 28.4 Å². The van der Waals surface area contributed by atoms with Gasteiger partial charge in [-0.2, -0.15) is 4.99 Å². The van der Waals surface area contributed by atoms with Gasteiger partial charge in [0.1, 0.15) is 0 Å². The first-order valence-electron chi connectivity index (χ1n) is 13.9. The summed E-state index contributed by atoms with van der Waals surface area (Å²) in [6.45, 7) is 11.2. The van der Waals surface area contributed by atoms with Crippen LogP contribution in [-0.4, -0.2) is 47.9 Å². The van der Waals surface area contributed by atoms with Gasteiger partial charge in [-0.1, -0.05) is 24.3 Å². The van der Waals surface area contributed by atoms with Gasteiger partial charge in [0, 0.05) is 47.3 Å². The minimum Gasteiger partial charge on any atom is -0.489 e. The highest BCUT2D eigenvalue weighted by molar-refractivity contribution is 7.78. The van der Waals surface area contributed by atoms with Crippen LogP contribution in [-0.2, 0) is 6.54 Å². The van der Waals surface area contributed by atoms with Crippen LogP contribution >= 0.6 is 12.2 Å². The summed E-state index contributed by atoms with van der Waals surface area (Å²) in [7, 11) is 0. The van der Waals surface area contributed by atoms with Gasteiger partial charge >= 0.3 is 0 Å². The lowest BCUT2D eigenvalue weighted by molar-refractivity contribution is -0.0446. The summed E-state index contributed by atoms with van der Waals surface area (Å²) in [6.07, 6.45) is 1.68. The number of aliphatic imine (C=N–C) groups is 1. The van der Waals surface area contributed by atoms with Crippen molar-refractivity contribution in [3.05, 3.63) is 66.2 Å². The predicted molar refractivity (Wildman–Crippen MR) is 160 cm³/mol. The zero-order chi connectivity index (χ0) is 28.9. The Labute approximate surface area is 246 Å². The molecule has 3 aromatic rings. The highest BCUT2D eigenvalue weighted by Gasteiger charge is 2.35. The van der Waals surface area contributed by atoms with E-state index in [1.807, 2.05) is 76.2 Å². The highest BCUT2D eigenvalue weighted by atomic mass is 32.1. The molecule has 9 heteroatoms. The van der Waals surface area contributed by atoms with E-state index in [1.165, 1.54) is 5.56 Å². The average molecular weight is 577 g/mol. The molecule has 0 aromatic heterocycles. The quantitative estimate of drug-likeness (QED) is 0.120. The maximum atomic E-state index is 6.12. The van der Waals surface area contributed by atoms with E-state index in [4.69, 9.17) is 40.6 Å². The van der Waals surface area contributed by atoms with Gasteiger partial charge in [0.2, 0.25) is 23.1 Å². The molecule has 0 amide bonds. The van der Waals surface area contributed by atoms with E-state index in [0.717, 1.165) is 38.2 Å². The Hall–Kier alpha value is -3.78. The molecule has 0 atom stereocenters. The SMILES string of the molecule is CC1(C)Oc2cccc(OCCCN(CCCOc3cccc4c3OC(C)(C)O4)Cc3ccc(N=C=S)cc3)c2O1. The number of thiocarbonyl (C=S) groups is 1. The number of isothiocyanates is 1. The van der Waals surface area contributed by atoms with Crippen LogP contribution in [0, 0.1) is 0 Å². The fourth-order valence-corrected chi connectivity index (χ4v) is 4.95. The van der Waals surface area contributed by atoms with Crippen molar-refractivity contribution in [3.8, 4) is 34.5 Å². The lowest BCUT2D eigenvalue weighted by atomic mass is 10.2. The minimum atomic E-state index is -0.694. The molecule has 8 nitrogen and oxygen atoms in total. The number of hydrogen-bond donors (Lipinski definition) is 0. The molecule has 0 N–H and O–H groups in total. The van der Waals surface area contributed by atoms with E-state index in [9.17, 15) is 0 Å². The summed E-state index contributed by atoms with van der Waals surface area (Å²) in [5.74, 6) is 2.76. The van der Waals surface area contributed by atoms with Gasteiger partial charge in [0.25, 0.3) is 0 Å². The Balaban J connectivity index is 1.16. The molecule has 216 valence electrons. The third kappa shape index (κ3) is 7.50. The average Bonchev–Trinajstić information content (AvgIpc) is 3.43. The van der Waals surface area contributed by atoms with Gasteiger partial charge in [-0.25, -0.2) is 0 Å². The Morgan fingerprint density at radius 1 is 0.732 bits per heavy atom. The predicted octanol–water partition coefficient (Wildman–Crippen LogP) is 7.18. The highest BCUT2D eigenvalue weighted by Crippen LogP contribution is 2.46. The van der Waals surface area contributed by atoms with Crippen LogP contribution in [0.2, 0.25) is 0 Å². The molecule has 41 heavy (non-hydrogen) atoms. The molecule has 0 saturated carbocycles. The van der Waals surface area contributed by atoms with Crippen LogP contribution in [0.15, 0.2) is 65.7 Å². The lowest BCUT2D eigenvalue weighted by Gasteiger charge is -2.23. The largest absolute Gasteiger partial charge is 0.489 e. The molecule has 0 spiro atoms. The first-order chi connectivity index (χ1) is 19.7. The molecule has 3 aromatic carbocycles. The van der Waals surface area contributed by atoms with E-state index in [1.54, 1.807) is 0 Å². The molecule has 0 saturated heterocycles. The van der Waals surface area contributed by atoms with E-state index < -0.39 is 11.6 Å². The molecule has 0 radical (unpaired) electrons. The number of para-hydroxylation sites is 2. The second-order valence-corrected chi connectivity index (χ2v) is 11.1. The Morgan fingerprint density at radius 2 is 1.24 bits per heavy atom. The summed E-state index contributed by atoms with van der Waals surface area (Å²) in [5.41, 5.74) is 1.99. The van der Waals surface area contributed by atoms with E-state index in [0.29, 0.717) is 47.7 Å². The van der Waals surface area contributed by atoms with Crippen molar-refractivity contribution in [1.29, 1.82) is 0 Å². The number of nitrogens with zero attached hydrogens (tertiary/aromatic N) is 2. The zero-order valence-corrected chi connectivity index (χ0v) is 24.8. The second-order valence-electron chi connectivity index (χ2n) is 10.9. The topological polar surface area (TPSA) is 71.0 Å². The third-order valence-corrected chi connectivity index (χ3v) is 6.65. The summed E-state index contributed by atoms with van der Waals surface area (Å²) in [5, 5.41) is 2.42. The molecule has 2 aliphatic heterocycles. The molecule has 0 fully saturated rings. The van der Waals surface area contributed by atoms with Gasteiger partial charge in [0.15, 0.2) is 23.0 Å². The third-order valence-electron chi connectivity index (χ3n) is 6.56. The van der Waals surface area contributed by atoms with Crippen LogP contribution in [0.25, 0.3) is 0 Å². The summed E-state index contributed by atoms with van der Waals surface area (Å²) >= 11 is 4.72. The number of benzene rings is 3. The van der Waals surface area contributed by atoms with Crippen molar-refractivity contribution in [2.24, 2.45) is 4.99 Å². The molecule has 0 unspecified atom stereocenters. The number of fused-ring (bicyclic) bond motifs is 2. The number of ether oxygens (including phenoxy) is 6. The molecular weight excluding hydrogens is 540 g/mol. The van der Waals surface area contributed by atoms with Crippen molar-refractivity contribution in [2.75, 3.05) is 26.3 Å². The zero-order valence-electron chi connectivity index (χ0n) is 24.0. The second kappa shape index (κ2) is 12.4. The van der Waals surface area contributed by atoms with Crippen LogP contribution in [0.5, 0.6) is 34.5 Å². The first kappa shape index (κ1) is 28.7. The molecule has 0 bridgehead atoms.